The molecule has 5 heteroatoms. The van der Waals surface area contributed by atoms with E-state index in [2.05, 4.69) is 19.2 Å². The molecule has 0 heterocycles. The lowest BCUT2D eigenvalue weighted by Crippen LogP contribution is -2.15. The van der Waals surface area contributed by atoms with Gasteiger partial charge in [0.1, 0.15) is 0 Å². The number of rotatable bonds is 9. The first-order valence-corrected chi connectivity index (χ1v) is 7.07. The number of nitrogens with zero attached hydrogens (tertiary/aromatic N) is 1. The van der Waals surface area contributed by atoms with Crippen LogP contribution in [0.3, 0.4) is 0 Å². The van der Waals surface area contributed by atoms with E-state index in [4.69, 9.17) is 14.7 Å². The van der Waals surface area contributed by atoms with Crippen LogP contribution < -0.4 is 5.32 Å². The smallest absolute Gasteiger partial charge is 0.226 e. The Morgan fingerprint density at radius 3 is 2.76 bits per heavy atom. The Morgan fingerprint density at radius 2 is 2.05 bits per heavy atom. The standard InChI is InChI=1S/C16H22N2O3/c1-13(2)12-21-9-8-20-7-6-16(19)18-15-5-3-4-14(10-15)11-17/h3-5,10,13H,6-9,12H2,1-2H3,(H,18,19). The van der Waals surface area contributed by atoms with E-state index in [1.54, 1.807) is 24.3 Å². The maximum absolute atomic E-state index is 11.7. The summed E-state index contributed by atoms with van der Waals surface area (Å²) in [5.74, 6) is 0.383. The van der Waals surface area contributed by atoms with Gasteiger partial charge in [0.05, 0.1) is 37.9 Å². The first-order chi connectivity index (χ1) is 10.1. The minimum atomic E-state index is -0.131. The number of benzene rings is 1. The molecule has 0 fully saturated rings. The van der Waals surface area contributed by atoms with Crippen molar-refractivity contribution in [2.75, 3.05) is 31.7 Å². The van der Waals surface area contributed by atoms with Crippen LogP contribution in [0.4, 0.5) is 5.69 Å². The molecular formula is C16H22N2O3. The number of carbonyl (C=O) groups is 1. The molecule has 1 amide bonds. The number of nitriles is 1. The third-order valence-electron chi connectivity index (χ3n) is 2.57. The van der Waals surface area contributed by atoms with Crippen molar-refractivity contribution in [1.29, 1.82) is 5.26 Å². The Labute approximate surface area is 125 Å². The average molecular weight is 290 g/mol. The molecule has 0 atom stereocenters. The van der Waals surface area contributed by atoms with E-state index in [-0.39, 0.29) is 12.3 Å². The number of anilines is 1. The van der Waals surface area contributed by atoms with Crippen molar-refractivity contribution in [1.82, 2.24) is 0 Å². The third-order valence-corrected chi connectivity index (χ3v) is 2.57. The quantitative estimate of drug-likeness (QED) is 0.710. The van der Waals surface area contributed by atoms with Crippen LogP contribution in [-0.4, -0.2) is 32.3 Å². The highest BCUT2D eigenvalue weighted by Crippen LogP contribution is 2.09. The van der Waals surface area contributed by atoms with Gasteiger partial charge in [-0.05, 0) is 24.1 Å². The van der Waals surface area contributed by atoms with Crippen molar-refractivity contribution in [2.45, 2.75) is 20.3 Å². The summed E-state index contributed by atoms with van der Waals surface area (Å²) in [5, 5.41) is 11.5. The summed E-state index contributed by atoms with van der Waals surface area (Å²) < 4.78 is 10.7. The van der Waals surface area contributed by atoms with Gasteiger partial charge in [0.15, 0.2) is 0 Å². The minimum absolute atomic E-state index is 0.131. The number of carbonyl (C=O) groups excluding carboxylic acids is 1. The molecular weight excluding hydrogens is 268 g/mol. The van der Waals surface area contributed by atoms with Crippen molar-refractivity contribution < 1.29 is 14.3 Å². The first kappa shape index (κ1) is 17.2. The van der Waals surface area contributed by atoms with Crippen LogP contribution in [0.5, 0.6) is 0 Å². The fraction of sp³-hybridized carbons (Fsp3) is 0.500. The molecule has 0 aliphatic rings. The fourth-order valence-corrected chi connectivity index (χ4v) is 1.59. The number of hydrogen-bond acceptors (Lipinski definition) is 4. The molecule has 0 unspecified atom stereocenters. The molecule has 114 valence electrons. The monoisotopic (exact) mass is 290 g/mol. The largest absolute Gasteiger partial charge is 0.379 e. The Balaban J connectivity index is 2.13. The molecule has 5 nitrogen and oxygen atoms in total. The van der Waals surface area contributed by atoms with Crippen molar-refractivity contribution in [2.24, 2.45) is 5.92 Å². The topological polar surface area (TPSA) is 71.3 Å². The second kappa shape index (κ2) is 9.92. The lowest BCUT2D eigenvalue weighted by molar-refractivity contribution is -0.117. The summed E-state index contributed by atoms with van der Waals surface area (Å²) in [7, 11) is 0. The van der Waals surface area contributed by atoms with Crippen LogP contribution in [0.25, 0.3) is 0 Å². The van der Waals surface area contributed by atoms with Gasteiger partial charge < -0.3 is 14.8 Å². The molecule has 0 bridgehead atoms. The molecule has 0 aliphatic heterocycles. The molecule has 21 heavy (non-hydrogen) atoms. The van der Waals surface area contributed by atoms with Gasteiger partial charge >= 0.3 is 0 Å². The van der Waals surface area contributed by atoms with Crippen LogP contribution >= 0.6 is 0 Å². The summed E-state index contributed by atoms with van der Waals surface area (Å²) in [4.78, 5) is 11.7. The zero-order valence-corrected chi connectivity index (χ0v) is 12.6. The third kappa shape index (κ3) is 8.08. The highest BCUT2D eigenvalue weighted by atomic mass is 16.5. The molecule has 0 aliphatic carbocycles. The summed E-state index contributed by atoms with van der Waals surface area (Å²) >= 11 is 0. The van der Waals surface area contributed by atoms with Gasteiger partial charge in [-0.15, -0.1) is 0 Å². The summed E-state index contributed by atoms with van der Waals surface area (Å²) in [5.41, 5.74) is 1.14. The predicted octanol–water partition coefficient (Wildman–Crippen LogP) is 2.58. The van der Waals surface area contributed by atoms with Crippen LogP contribution in [0.2, 0.25) is 0 Å². The number of amides is 1. The van der Waals surface area contributed by atoms with Gasteiger partial charge in [-0.2, -0.15) is 5.26 Å². The molecule has 0 saturated heterocycles. The van der Waals surface area contributed by atoms with Gasteiger partial charge in [0.25, 0.3) is 0 Å². The average Bonchev–Trinajstić information content (AvgIpc) is 2.46. The zero-order valence-electron chi connectivity index (χ0n) is 12.6. The second-order valence-electron chi connectivity index (χ2n) is 5.07. The van der Waals surface area contributed by atoms with Gasteiger partial charge in [0.2, 0.25) is 5.91 Å². The highest BCUT2D eigenvalue weighted by molar-refractivity contribution is 5.90. The van der Waals surface area contributed by atoms with Crippen molar-refractivity contribution in [3.8, 4) is 6.07 Å². The summed E-state index contributed by atoms with van der Waals surface area (Å²) in [6.07, 6.45) is 0.279. The Bertz CT molecular complexity index is 481. The van der Waals surface area contributed by atoms with Crippen molar-refractivity contribution in [3.05, 3.63) is 29.8 Å². The lowest BCUT2D eigenvalue weighted by atomic mass is 10.2. The number of hydrogen-bond donors (Lipinski definition) is 1. The molecule has 1 aromatic rings. The van der Waals surface area contributed by atoms with Gasteiger partial charge in [0, 0.05) is 12.3 Å². The SMILES string of the molecule is CC(C)COCCOCCC(=O)Nc1cccc(C#N)c1. The van der Waals surface area contributed by atoms with E-state index in [0.29, 0.717) is 37.0 Å². The normalized spacial score (nSPS) is 10.4. The van der Waals surface area contributed by atoms with Crippen molar-refractivity contribution in [3.63, 3.8) is 0 Å². The molecule has 1 rings (SSSR count). The molecule has 0 radical (unpaired) electrons. The van der Waals surface area contributed by atoms with Gasteiger partial charge in [-0.25, -0.2) is 0 Å². The Morgan fingerprint density at radius 1 is 1.29 bits per heavy atom. The molecule has 0 aromatic heterocycles. The Hall–Kier alpha value is -1.90. The minimum Gasteiger partial charge on any atom is -0.379 e. The lowest BCUT2D eigenvalue weighted by Gasteiger charge is -2.08. The van der Waals surface area contributed by atoms with Gasteiger partial charge in [-0.3, -0.25) is 4.79 Å². The van der Waals surface area contributed by atoms with E-state index in [0.717, 1.165) is 6.61 Å². The first-order valence-electron chi connectivity index (χ1n) is 7.07. The molecule has 1 N–H and O–H groups in total. The second-order valence-corrected chi connectivity index (χ2v) is 5.07. The van der Waals surface area contributed by atoms with Crippen LogP contribution in [0, 0.1) is 17.2 Å². The van der Waals surface area contributed by atoms with Crippen LogP contribution in [0.1, 0.15) is 25.8 Å². The predicted molar refractivity (Wildman–Crippen MR) is 80.9 cm³/mol. The van der Waals surface area contributed by atoms with E-state index < -0.39 is 0 Å². The number of nitrogens with one attached hydrogen (secondary N) is 1. The fourth-order valence-electron chi connectivity index (χ4n) is 1.59. The van der Waals surface area contributed by atoms with E-state index >= 15 is 0 Å². The summed E-state index contributed by atoms with van der Waals surface area (Å²) in [6.45, 7) is 6.29. The van der Waals surface area contributed by atoms with Crippen LogP contribution in [0.15, 0.2) is 24.3 Å². The maximum Gasteiger partial charge on any atom is 0.226 e. The maximum atomic E-state index is 11.7. The van der Waals surface area contributed by atoms with E-state index in [1.165, 1.54) is 0 Å². The Kier molecular flexibility index (Phi) is 8.10. The molecule has 0 saturated carbocycles. The van der Waals surface area contributed by atoms with E-state index in [1.807, 2.05) is 6.07 Å². The van der Waals surface area contributed by atoms with Crippen LogP contribution in [-0.2, 0) is 14.3 Å². The number of ether oxygens (including phenoxy) is 2. The van der Waals surface area contributed by atoms with Gasteiger partial charge in [-0.1, -0.05) is 19.9 Å². The molecule has 1 aromatic carbocycles. The molecule has 0 spiro atoms. The van der Waals surface area contributed by atoms with E-state index in [9.17, 15) is 4.79 Å². The highest BCUT2D eigenvalue weighted by Gasteiger charge is 2.03. The van der Waals surface area contributed by atoms with Crippen molar-refractivity contribution >= 4 is 11.6 Å². The summed E-state index contributed by atoms with van der Waals surface area (Å²) in [6, 6.07) is 8.84. The zero-order chi connectivity index (χ0) is 15.5.